The van der Waals surface area contributed by atoms with Crippen molar-refractivity contribution in [1.29, 1.82) is 0 Å². The summed E-state index contributed by atoms with van der Waals surface area (Å²) in [6.45, 7) is 6.04. The van der Waals surface area contributed by atoms with E-state index in [9.17, 15) is 14.7 Å². The highest BCUT2D eigenvalue weighted by atomic mass is 32.1. The number of carbonyl (C=O) groups is 2. The number of anilines is 1. The number of aryl methyl sites for hydroxylation is 1. The lowest BCUT2D eigenvalue weighted by molar-refractivity contribution is -0.117. The second-order valence-electron chi connectivity index (χ2n) is 9.36. The van der Waals surface area contributed by atoms with Crippen LogP contribution in [0.1, 0.15) is 51.6 Å². The Hall–Kier alpha value is -3.66. The van der Waals surface area contributed by atoms with Gasteiger partial charge >= 0.3 is 0 Å². The summed E-state index contributed by atoms with van der Waals surface area (Å²) in [5.41, 5.74) is 3.49. The molecular formula is C29H23N3O3S3. The lowest BCUT2D eigenvalue weighted by Crippen LogP contribution is -2.30. The van der Waals surface area contributed by atoms with Crippen LogP contribution in [0, 0.1) is 6.92 Å². The number of thiazole rings is 2. The van der Waals surface area contributed by atoms with Gasteiger partial charge in [0.1, 0.15) is 11.0 Å². The highest BCUT2D eigenvalue weighted by Gasteiger charge is 2.47. The molecule has 1 amide bonds. The Morgan fingerprint density at radius 1 is 1.03 bits per heavy atom. The summed E-state index contributed by atoms with van der Waals surface area (Å²) in [6.07, 6.45) is 0. The summed E-state index contributed by atoms with van der Waals surface area (Å²) < 4.78 is 0.953. The van der Waals surface area contributed by atoms with Gasteiger partial charge in [0.15, 0.2) is 10.9 Å². The fraction of sp³-hybridized carbons (Fsp3) is 0.172. The fourth-order valence-corrected chi connectivity index (χ4v) is 7.47. The molecule has 0 fully saturated rings. The van der Waals surface area contributed by atoms with Crippen molar-refractivity contribution >= 4 is 61.0 Å². The lowest BCUT2D eigenvalue weighted by atomic mass is 10.0. The number of amides is 1. The van der Waals surface area contributed by atoms with E-state index in [0.717, 1.165) is 20.7 Å². The molecule has 2 aromatic carbocycles. The van der Waals surface area contributed by atoms with Gasteiger partial charge in [-0.25, -0.2) is 9.97 Å². The number of fused-ring (bicyclic) bond motifs is 1. The third-order valence-corrected chi connectivity index (χ3v) is 9.71. The molecule has 0 radical (unpaired) electrons. The molecule has 3 aromatic heterocycles. The molecule has 0 bridgehead atoms. The van der Waals surface area contributed by atoms with Crippen LogP contribution in [0.25, 0.3) is 20.8 Å². The number of aliphatic hydroxyl groups is 1. The van der Waals surface area contributed by atoms with Crippen molar-refractivity contribution in [2.45, 2.75) is 32.7 Å². The van der Waals surface area contributed by atoms with E-state index >= 15 is 0 Å². The Morgan fingerprint density at radius 3 is 2.53 bits per heavy atom. The summed E-state index contributed by atoms with van der Waals surface area (Å²) in [4.78, 5) is 39.6. The van der Waals surface area contributed by atoms with Crippen molar-refractivity contribution in [2.75, 3.05) is 4.90 Å². The zero-order chi connectivity index (χ0) is 26.6. The molecule has 0 spiro atoms. The molecule has 1 aliphatic heterocycles. The first-order valence-electron chi connectivity index (χ1n) is 12.1. The molecule has 5 aromatic rings. The van der Waals surface area contributed by atoms with Crippen molar-refractivity contribution in [3.63, 3.8) is 0 Å². The average Bonchev–Trinajstić information content (AvgIpc) is 3.70. The van der Waals surface area contributed by atoms with E-state index in [2.05, 4.69) is 24.9 Å². The van der Waals surface area contributed by atoms with Crippen LogP contribution in [0.5, 0.6) is 0 Å². The second-order valence-corrected chi connectivity index (χ2v) is 12.3. The average molecular weight is 558 g/mol. The molecule has 1 atom stereocenters. The summed E-state index contributed by atoms with van der Waals surface area (Å²) in [5, 5.41) is 14.2. The van der Waals surface area contributed by atoms with Crippen LogP contribution in [-0.2, 0) is 4.79 Å². The normalized spacial score (nSPS) is 15.8. The number of aromatic nitrogens is 2. The van der Waals surface area contributed by atoms with Gasteiger partial charge < -0.3 is 5.11 Å². The summed E-state index contributed by atoms with van der Waals surface area (Å²) in [6, 6.07) is 18.7. The smallest absolute Gasteiger partial charge is 0.296 e. The first-order chi connectivity index (χ1) is 18.3. The van der Waals surface area contributed by atoms with Crippen LogP contribution in [0.3, 0.4) is 0 Å². The lowest BCUT2D eigenvalue weighted by Gasteiger charge is -2.22. The minimum Gasteiger partial charge on any atom is -0.503 e. The van der Waals surface area contributed by atoms with E-state index in [4.69, 9.17) is 4.98 Å². The Balaban J connectivity index is 1.44. The maximum absolute atomic E-state index is 14.0. The number of hydrogen-bond acceptors (Lipinski definition) is 8. The van der Waals surface area contributed by atoms with E-state index in [1.54, 1.807) is 6.92 Å². The van der Waals surface area contributed by atoms with Gasteiger partial charge in [-0.3, -0.25) is 14.5 Å². The third kappa shape index (κ3) is 4.07. The third-order valence-electron chi connectivity index (χ3n) is 6.56. The summed E-state index contributed by atoms with van der Waals surface area (Å²) in [5.74, 6) is -1.20. The molecule has 4 heterocycles. The number of ketones is 1. The predicted molar refractivity (Wildman–Crippen MR) is 155 cm³/mol. The van der Waals surface area contributed by atoms with Gasteiger partial charge in [0.2, 0.25) is 5.78 Å². The van der Waals surface area contributed by atoms with Gasteiger partial charge in [0, 0.05) is 10.4 Å². The van der Waals surface area contributed by atoms with Crippen LogP contribution < -0.4 is 4.90 Å². The number of aliphatic hydroxyl groups excluding tert-OH is 1. The topological polar surface area (TPSA) is 83.4 Å². The molecule has 9 heteroatoms. The van der Waals surface area contributed by atoms with Gasteiger partial charge in [-0.05, 0) is 42.0 Å². The quantitative estimate of drug-likeness (QED) is 0.216. The highest BCUT2D eigenvalue weighted by Crippen LogP contribution is 2.46. The van der Waals surface area contributed by atoms with Crippen molar-refractivity contribution < 1.29 is 14.7 Å². The zero-order valence-corrected chi connectivity index (χ0v) is 23.3. The fourth-order valence-electron chi connectivity index (χ4n) is 4.58. The summed E-state index contributed by atoms with van der Waals surface area (Å²) in [7, 11) is 0. The van der Waals surface area contributed by atoms with Crippen LogP contribution >= 0.6 is 34.0 Å². The number of thiophene rings is 1. The van der Waals surface area contributed by atoms with Crippen molar-refractivity contribution in [3.05, 3.63) is 98.4 Å². The molecule has 1 N–H and O–H groups in total. The Labute approximate surface area is 231 Å². The molecule has 1 unspecified atom stereocenters. The highest BCUT2D eigenvalue weighted by molar-refractivity contribution is 7.22. The Morgan fingerprint density at radius 2 is 1.82 bits per heavy atom. The molecule has 190 valence electrons. The van der Waals surface area contributed by atoms with Gasteiger partial charge in [0.05, 0.1) is 26.4 Å². The molecule has 6 rings (SSSR count). The summed E-state index contributed by atoms with van der Waals surface area (Å²) >= 11 is 4.09. The van der Waals surface area contributed by atoms with Crippen LogP contribution in [0.2, 0.25) is 0 Å². The Kier molecular flexibility index (Phi) is 6.22. The minimum absolute atomic E-state index is 0.0611. The molecule has 38 heavy (non-hydrogen) atoms. The van der Waals surface area contributed by atoms with Crippen molar-refractivity contribution in [1.82, 2.24) is 9.97 Å². The maximum atomic E-state index is 14.0. The molecule has 0 saturated heterocycles. The number of Topliss-reactive ketones (excluding diaryl/α,β-unsaturated/α-hetero) is 1. The van der Waals surface area contributed by atoms with Gasteiger partial charge in [-0.1, -0.05) is 67.6 Å². The van der Waals surface area contributed by atoms with Crippen molar-refractivity contribution in [3.8, 4) is 10.6 Å². The minimum atomic E-state index is -0.776. The van der Waals surface area contributed by atoms with E-state index in [-0.39, 0.29) is 5.57 Å². The molecule has 6 nitrogen and oxygen atoms in total. The van der Waals surface area contributed by atoms with Crippen LogP contribution in [0.4, 0.5) is 5.13 Å². The zero-order valence-electron chi connectivity index (χ0n) is 20.8. The molecular weight excluding hydrogens is 535 g/mol. The van der Waals surface area contributed by atoms with Gasteiger partial charge in [-0.15, -0.1) is 22.7 Å². The number of benzene rings is 2. The van der Waals surface area contributed by atoms with Gasteiger partial charge in [0.25, 0.3) is 5.91 Å². The Bertz CT molecular complexity index is 1720. The number of carbonyl (C=O) groups excluding carboxylic acids is 2. The van der Waals surface area contributed by atoms with Gasteiger partial charge in [-0.2, -0.15) is 0 Å². The monoisotopic (exact) mass is 557 g/mol. The number of rotatable bonds is 6. The van der Waals surface area contributed by atoms with E-state index in [1.807, 2.05) is 60.0 Å². The van der Waals surface area contributed by atoms with E-state index < -0.39 is 23.5 Å². The molecule has 0 saturated carbocycles. The van der Waals surface area contributed by atoms with Crippen molar-refractivity contribution in [2.24, 2.45) is 0 Å². The van der Waals surface area contributed by atoms with Crippen LogP contribution in [0.15, 0.2) is 77.4 Å². The predicted octanol–water partition coefficient (Wildman–Crippen LogP) is 7.70. The second kappa shape index (κ2) is 9.58. The number of hydrogen-bond donors (Lipinski definition) is 1. The largest absolute Gasteiger partial charge is 0.503 e. The molecule has 1 aliphatic rings. The molecule has 0 aliphatic carbocycles. The first kappa shape index (κ1) is 24.7. The SMILES string of the molecule is Cc1nc(-c2ccccc2)sc1C(=O)C1=C(O)C(=O)N(c2nc3ccc(C(C)C)cc3s2)C1c1cccs1. The first-order valence-corrected chi connectivity index (χ1v) is 14.6. The maximum Gasteiger partial charge on any atom is 0.296 e. The van der Waals surface area contributed by atoms with Crippen LogP contribution in [-0.4, -0.2) is 26.8 Å². The number of nitrogens with zero attached hydrogens (tertiary/aromatic N) is 3. The standard InChI is InChI=1S/C29H23N3O3S3/c1-15(2)18-11-12-19-21(14-18)37-29(31-19)32-23(20-10-7-13-36-20)22(25(34)28(32)35)24(33)26-16(3)30-27(38-26)17-8-5-4-6-9-17/h4-15,23,34H,1-3H3. The van der Waals surface area contributed by atoms with E-state index in [1.165, 1.54) is 44.5 Å². The van der Waals surface area contributed by atoms with E-state index in [0.29, 0.717) is 26.6 Å².